The Labute approximate surface area is 207 Å². The van der Waals surface area contributed by atoms with Gasteiger partial charge in [-0.25, -0.2) is 14.8 Å². The van der Waals surface area contributed by atoms with E-state index in [0.29, 0.717) is 34.3 Å². The molecule has 0 saturated heterocycles. The van der Waals surface area contributed by atoms with E-state index in [2.05, 4.69) is 14.9 Å². The molecular weight excluding hydrogens is 466 g/mol. The summed E-state index contributed by atoms with van der Waals surface area (Å²) < 4.78 is 34.8. The van der Waals surface area contributed by atoms with Crippen molar-refractivity contribution in [1.82, 2.24) is 14.9 Å². The highest BCUT2D eigenvalue weighted by atomic mass is 16.7. The maximum absolute atomic E-state index is 13.1. The van der Waals surface area contributed by atoms with Crippen molar-refractivity contribution in [3.8, 4) is 39.9 Å². The van der Waals surface area contributed by atoms with Crippen molar-refractivity contribution in [3.05, 3.63) is 53.1 Å². The lowest BCUT2D eigenvalue weighted by molar-refractivity contribution is 0.00877. The van der Waals surface area contributed by atoms with Gasteiger partial charge in [0, 0.05) is 41.2 Å². The van der Waals surface area contributed by atoms with Crippen LogP contribution in [0.4, 0.5) is 0 Å². The first kappa shape index (κ1) is 22.4. The van der Waals surface area contributed by atoms with Crippen molar-refractivity contribution in [2.24, 2.45) is 0 Å². The molecule has 10 heteroatoms. The fourth-order valence-electron chi connectivity index (χ4n) is 5.56. The van der Waals surface area contributed by atoms with Crippen LogP contribution in [-0.2, 0) is 11.2 Å². The molecule has 2 atom stereocenters. The van der Waals surface area contributed by atoms with Crippen molar-refractivity contribution in [2.75, 3.05) is 41.7 Å². The van der Waals surface area contributed by atoms with Gasteiger partial charge >= 0.3 is 5.97 Å². The standard InChI is InChI=1S/C26H25N3O7/c1-29-8-7-14-17(13-9-27-11-28-10-13)24-25(35-12-34-24)23(33-4)18(14)20(29)21-15-5-6-16(31-2)22(32-3)19(15)26(30)36-21/h5-6,9-11,20-21H,7-8,12H2,1-4H3. The Kier molecular flexibility index (Phi) is 5.33. The highest BCUT2D eigenvalue weighted by Gasteiger charge is 2.47. The van der Waals surface area contributed by atoms with Gasteiger partial charge in [0.2, 0.25) is 12.5 Å². The van der Waals surface area contributed by atoms with Crippen LogP contribution in [0.3, 0.4) is 0 Å². The average Bonchev–Trinajstić information content (AvgIpc) is 3.52. The van der Waals surface area contributed by atoms with Gasteiger partial charge in [-0.2, -0.15) is 0 Å². The molecule has 0 aliphatic carbocycles. The van der Waals surface area contributed by atoms with Gasteiger partial charge in [-0.15, -0.1) is 0 Å². The number of esters is 1. The Morgan fingerprint density at radius 2 is 1.72 bits per heavy atom. The summed E-state index contributed by atoms with van der Waals surface area (Å²) in [6, 6.07) is 3.30. The molecule has 186 valence electrons. The highest BCUT2D eigenvalue weighted by Crippen LogP contribution is 2.58. The van der Waals surface area contributed by atoms with E-state index in [-0.39, 0.29) is 12.8 Å². The summed E-state index contributed by atoms with van der Waals surface area (Å²) in [6.07, 6.45) is 5.12. The molecule has 0 amide bonds. The molecule has 3 aromatic rings. The van der Waals surface area contributed by atoms with Gasteiger partial charge in [-0.05, 0) is 25.1 Å². The molecule has 0 N–H and O–H groups in total. The molecule has 2 aromatic carbocycles. The number of rotatable bonds is 5. The van der Waals surface area contributed by atoms with Gasteiger partial charge in [0.15, 0.2) is 23.0 Å². The molecule has 0 bridgehead atoms. The number of ether oxygens (including phenoxy) is 6. The van der Waals surface area contributed by atoms with E-state index in [4.69, 9.17) is 28.4 Å². The van der Waals surface area contributed by atoms with Crippen molar-refractivity contribution in [2.45, 2.75) is 18.6 Å². The second-order valence-corrected chi connectivity index (χ2v) is 8.76. The maximum atomic E-state index is 13.1. The topological polar surface area (TPSA) is 101 Å². The van der Waals surface area contributed by atoms with Crippen molar-refractivity contribution in [1.29, 1.82) is 0 Å². The van der Waals surface area contributed by atoms with Gasteiger partial charge in [0.1, 0.15) is 18.0 Å². The van der Waals surface area contributed by atoms with Crippen molar-refractivity contribution < 1.29 is 33.2 Å². The van der Waals surface area contributed by atoms with Crippen LogP contribution in [0.15, 0.2) is 30.9 Å². The second-order valence-electron chi connectivity index (χ2n) is 8.76. The number of methoxy groups -OCH3 is 3. The number of nitrogens with zero attached hydrogens (tertiary/aromatic N) is 3. The molecule has 3 aliphatic heterocycles. The van der Waals surface area contributed by atoms with Crippen molar-refractivity contribution in [3.63, 3.8) is 0 Å². The molecule has 3 aliphatic rings. The molecular formula is C26H25N3O7. The van der Waals surface area contributed by atoms with Gasteiger partial charge in [-0.3, -0.25) is 4.90 Å². The van der Waals surface area contributed by atoms with E-state index < -0.39 is 12.1 Å². The zero-order valence-corrected chi connectivity index (χ0v) is 20.4. The third-order valence-electron chi connectivity index (χ3n) is 7.07. The van der Waals surface area contributed by atoms with Gasteiger partial charge in [-0.1, -0.05) is 6.07 Å². The van der Waals surface area contributed by atoms with Gasteiger partial charge in [0.05, 0.1) is 27.4 Å². The number of cyclic esters (lactones) is 1. The third-order valence-corrected chi connectivity index (χ3v) is 7.07. The normalized spacial score (nSPS) is 19.9. The molecule has 0 radical (unpaired) electrons. The fourth-order valence-corrected chi connectivity index (χ4v) is 5.56. The largest absolute Gasteiger partial charge is 0.493 e. The number of likely N-dealkylation sites (N-methyl/N-ethyl adjacent to an activating group) is 1. The first-order valence-electron chi connectivity index (χ1n) is 11.5. The van der Waals surface area contributed by atoms with Crippen LogP contribution in [0, 0.1) is 0 Å². The Bertz CT molecular complexity index is 1360. The lowest BCUT2D eigenvalue weighted by atomic mass is 9.82. The summed E-state index contributed by atoms with van der Waals surface area (Å²) >= 11 is 0. The number of aromatic nitrogens is 2. The van der Waals surface area contributed by atoms with Gasteiger partial charge < -0.3 is 28.4 Å². The van der Waals surface area contributed by atoms with Gasteiger partial charge in [0.25, 0.3) is 0 Å². The Morgan fingerprint density at radius 1 is 0.972 bits per heavy atom. The van der Waals surface area contributed by atoms with Crippen LogP contribution < -0.4 is 23.7 Å². The summed E-state index contributed by atoms with van der Waals surface area (Å²) in [7, 11) is 6.67. The Balaban J connectivity index is 1.60. The Hall–Kier alpha value is -4.05. The van der Waals surface area contributed by atoms with Crippen molar-refractivity contribution >= 4 is 5.97 Å². The van der Waals surface area contributed by atoms with Crippen LogP contribution >= 0.6 is 0 Å². The Morgan fingerprint density at radius 3 is 2.44 bits per heavy atom. The zero-order valence-electron chi connectivity index (χ0n) is 20.4. The summed E-state index contributed by atoms with van der Waals surface area (Å²) in [5, 5.41) is 0. The van der Waals surface area contributed by atoms with E-state index >= 15 is 0 Å². The van der Waals surface area contributed by atoms with Crippen LogP contribution in [0.25, 0.3) is 11.1 Å². The smallest absolute Gasteiger partial charge is 0.343 e. The van der Waals surface area contributed by atoms with E-state index in [9.17, 15) is 4.79 Å². The van der Waals surface area contributed by atoms with Crippen LogP contribution in [-0.4, -0.2) is 62.6 Å². The SMILES string of the molecule is COc1ccc2c(c1OC)C(=O)OC2C1c2c(c(-c3cncnc3)c3c(c2OC)OCO3)CCN1C. The summed E-state index contributed by atoms with van der Waals surface area (Å²) in [6.45, 7) is 0.797. The lowest BCUT2D eigenvalue weighted by Crippen LogP contribution is -2.36. The van der Waals surface area contributed by atoms with E-state index in [0.717, 1.165) is 40.8 Å². The molecule has 0 spiro atoms. The predicted molar refractivity (Wildman–Crippen MR) is 127 cm³/mol. The number of benzene rings is 2. The lowest BCUT2D eigenvalue weighted by Gasteiger charge is -2.39. The summed E-state index contributed by atoms with van der Waals surface area (Å²) in [5.74, 6) is 2.08. The van der Waals surface area contributed by atoms with E-state index in [1.807, 2.05) is 13.1 Å². The maximum Gasteiger partial charge on any atom is 0.343 e. The molecule has 10 nitrogen and oxygen atoms in total. The minimum Gasteiger partial charge on any atom is -0.493 e. The molecule has 0 fully saturated rings. The second kappa shape index (κ2) is 8.56. The minimum absolute atomic E-state index is 0.0774. The van der Waals surface area contributed by atoms with Crippen LogP contribution in [0.2, 0.25) is 0 Å². The molecule has 6 rings (SSSR count). The number of fused-ring (bicyclic) bond motifs is 3. The van der Waals surface area contributed by atoms with Crippen LogP contribution in [0.5, 0.6) is 28.7 Å². The zero-order chi connectivity index (χ0) is 25.0. The number of hydrogen-bond acceptors (Lipinski definition) is 10. The molecule has 1 aromatic heterocycles. The predicted octanol–water partition coefficient (Wildman–Crippen LogP) is 3.34. The minimum atomic E-state index is -0.606. The van der Waals surface area contributed by atoms with Crippen LogP contribution in [0.1, 0.15) is 39.2 Å². The fraction of sp³-hybridized carbons (Fsp3) is 0.346. The number of carbonyl (C=O) groups excluding carboxylic acids is 1. The first-order valence-corrected chi connectivity index (χ1v) is 11.5. The molecule has 4 heterocycles. The highest BCUT2D eigenvalue weighted by molar-refractivity contribution is 5.98. The van der Waals surface area contributed by atoms with E-state index in [1.54, 1.807) is 25.6 Å². The first-order chi connectivity index (χ1) is 17.6. The number of carbonyl (C=O) groups is 1. The summed E-state index contributed by atoms with van der Waals surface area (Å²) in [4.78, 5) is 23.8. The molecule has 2 unspecified atom stereocenters. The molecule has 36 heavy (non-hydrogen) atoms. The third kappa shape index (κ3) is 3.10. The molecule has 0 saturated carbocycles. The average molecular weight is 492 g/mol. The monoisotopic (exact) mass is 491 g/mol. The summed E-state index contributed by atoms with van der Waals surface area (Å²) in [5.41, 5.74) is 4.70. The number of hydrogen-bond donors (Lipinski definition) is 0. The van der Waals surface area contributed by atoms with E-state index in [1.165, 1.54) is 20.5 Å². The quantitative estimate of drug-likeness (QED) is 0.494.